The van der Waals surface area contributed by atoms with Gasteiger partial charge in [0.25, 0.3) is 0 Å². The van der Waals surface area contributed by atoms with E-state index in [-0.39, 0.29) is 11.2 Å². The first-order chi connectivity index (χ1) is 8.98. The Morgan fingerprint density at radius 1 is 1.15 bits per heavy atom. The van der Waals surface area contributed by atoms with Gasteiger partial charge in [-0.2, -0.15) is 5.26 Å². The maximum absolute atomic E-state index is 9.38. The summed E-state index contributed by atoms with van der Waals surface area (Å²) in [5.41, 5.74) is 0.158. The van der Waals surface area contributed by atoms with Gasteiger partial charge in [0.1, 0.15) is 10.9 Å². The molecule has 0 unspecified atom stereocenters. The van der Waals surface area contributed by atoms with Gasteiger partial charge in [-0.05, 0) is 32.2 Å². The lowest BCUT2D eigenvalue weighted by atomic mass is 9.79. The molecule has 0 bridgehead atoms. The minimum atomic E-state index is -1.43. The van der Waals surface area contributed by atoms with Crippen molar-refractivity contribution in [2.24, 2.45) is 0 Å². The molecule has 0 N–H and O–H groups in total. The van der Waals surface area contributed by atoms with Crippen molar-refractivity contribution in [3.8, 4) is 6.07 Å². The zero-order valence-corrected chi connectivity index (χ0v) is 15.1. The third-order valence-electron chi connectivity index (χ3n) is 4.11. The topological polar surface area (TPSA) is 42.2 Å². The van der Waals surface area contributed by atoms with Crippen molar-refractivity contribution in [3.05, 3.63) is 10.9 Å². The van der Waals surface area contributed by atoms with Gasteiger partial charge >= 0.3 is 7.12 Å². The molecule has 1 aromatic rings. The van der Waals surface area contributed by atoms with Gasteiger partial charge < -0.3 is 9.31 Å². The van der Waals surface area contributed by atoms with Crippen LogP contribution in [0.3, 0.4) is 0 Å². The summed E-state index contributed by atoms with van der Waals surface area (Å²) >= 11 is 1.59. The number of hydrogen-bond donors (Lipinski definition) is 0. The third-order valence-corrected chi connectivity index (χ3v) is 8.74. The minimum Gasteiger partial charge on any atom is -0.399 e. The predicted octanol–water partition coefficient (Wildman–Crippen LogP) is 2.46. The van der Waals surface area contributed by atoms with E-state index >= 15 is 0 Å². The van der Waals surface area contributed by atoms with Crippen molar-refractivity contribution in [2.75, 3.05) is 0 Å². The molecule has 0 amide bonds. The van der Waals surface area contributed by atoms with E-state index in [0.717, 1.165) is 10.3 Å². The van der Waals surface area contributed by atoms with Gasteiger partial charge in [-0.3, -0.25) is 0 Å². The molecule has 0 aliphatic carbocycles. The Balaban J connectivity index is 2.41. The number of nitriles is 1. The summed E-state index contributed by atoms with van der Waals surface area (Å²) in [5.74, 6) is 0. The molecule has 1 aliphatic rings. The van der Waals surface area contributed by atoms with Gasteiger partial charge in [0.2, 0.25) is 0 Å². The van der Waals surface area contributed by atoms with Crippen molar-refractivity contribution in [2.45, 2.75) is 58.5 Å². The molecule has 2 heterocycles. The zero-order valence-electron chi connectivity index (χ0n) is 13.3. The average Bonchev–Trinajstić information content (AvgIpc) is 2.77. The highest BCUT2D eigenvalue weighted by molar-refractivity contribution is 7.27. The van der Waals surface area contributed by atoms with Crippen LogP contribution < -0.4 is 9.96 Å². The summed E-state index contributed by atoms with van der Waals surface area (Å²) in [4.78, 5) is 0.723. The van der Waals surface area contributed by atoms with E-state index < -0.39 is 15.2 Å². The Labute approximate surface area is 127 Å². The molecule has 2 rings (SSSR count). The lowest BCUT2D eigenvalue weighted by molar-refractivity contribution is 0.00578. The molecule has 3 nitrogen and oxygen atoms in total. The normalized spacial score (nSPS) is 21.0. The van der Waals surface area contributed by atoms with Crippen LogP contribution in [0.15, 0.2) is 6.07 Å². The maximum Gasteiger partial charge on any atom is 0.497 e. The van der Waals surface area contributed by atoms with Crippen LogP contribution in [-0.4, -0.2) is 26.4 Å². The van der Waals surface area contributed by atoms with Crippen molar-refractivity contribution in [3.63, 3.8) is 0 Å². The largest absolute Gasteiger partial charge is 0.497 e. The highest BCUT2D eigenvalue weighted by atomic mass is 32.1. The Kier molecular flexibility index (Phi) is 3.71. The first-order valence-corrected chi connectivity index (χ1v) is 11.2. The molecule has 0 atom stereocenters. The summed E-state index contributed by atoms with van der Waals surface area (Å²) < 4.78 is 13.5. The van der Waals surface area contributed by atoms with Crippen LogP contribution in [0.1, 0.15) is 32.6 Å². The summed E-state index contributed by atoms with van der Waals surface area (Å²) in [6.07, 6.45) is 0. The third kappa shape index (κ3) is 2.60. The van der Waals surface area contributed by atoms with Crippen LogP contribution in [0.5, 0.6) is 0 Å². The Hall–Kier alpha value is -0.608. The predicted molar refractivity (Wildman–Crippen MR) is 87.7 cm³/mol. The number of thiophene rings is 1. The summed E-state index contributed by atoms with van der Waals surface area (Å²) in [5, 5.41) is 9.38. The first kappa shape index (κ1) is 15.8. The van der Waals surface area contributed by atoms with E-state index in [2.05, 4.69) is 31.8 Å². The van der Waals surface area contributed by atoms with Crippen LogP contribution in [0, 0.1) is 11.3 Å². The van der Waals surface area contributed by atoms with Crippen LogP contribution >= 0.6 is 11.3 Å². The smallest absolute Gasteiger partial charge is 0.399 e. The quantitative estimate of drug-likeness (QED) is 0.788. The van der Waals surface area contributed by atoms with E-state index in [1.54, 1.807) is 11.3 Å². The van der Waals surface area contributed by atoms with Crippen LogP contribution in [-0.2, 0) is 9.31 Å². The highest BCUT2D eigenvalue weighted by Gasteiger charge is 2.52. The number of rotatable bonds is 2. The second kappa shape index (κ2) is 4.70. The van der Waals surface area contributed by atoms with E-state index in [4.69, 9.17) is 9.31 Å². The van der Waals surface area contributed by atoms with E-state index in [1.807, 2.05) is 27.7 Å². The lowest BCUT2D eigenvalue weighted by Crippen LogP contribution is -2.41. The van der Waals surface area contributed by atoms with Gasteiger partial charge in [0, 0.05) is 5.46 Å². The van der Waals surface area contributed by atoms with Crippen molar-refractivity contribution < 1.29 is 9.31 Å². The molecular formula is C14H22BNO2SSi. The Bertz CT molecular complexity index is 553. The second-order valence-electron chi connectivity index (χ2n) is 7.35. The monoisotopic (exact) mass is 307 g/mol. The van der Waals surface area contributed by atoms with Crippen molar-refractivity contribution in [1.82, 2.24) is 0 Å². The second-order valence-corrected chi connectivity index (χ2v) is 13.8. The molecule has 0 spiro atoms. The van der Waals surface area contributed by atoms with Crippen LogP contribution in [0.2, 0.25) is 19.6 Å². The first-order valence-electron chi connectivity index (χ1n) is 6.88. The van der Waals surface area contributed by atoms with Crippen LogP contribution in [0.25, 0.3) is 0 Å². The highest BCUT2D eigenvalue weighted by Crippen LogP contribution is 2.36. The fraction of sp³-hybridized carbons (Fsp3) is 0.643. The van der Waals surface area contributed by atoms with Crippen molar-refractivity contribution >= 4 is 36.5 Å². The molecule has 0 saturated carbocycles. The maximum atomic E-state index is 9.38. The lowest BCUT2D eigenvalue weighted by Gasteiger charge is -2.32. The summed E-state index contributed by atoms with van der Waals surface area (Å²) in [7, 11) is -1.86. The molecule has 20 heavy (non-hydrogen) atoms. The number of nitrogens with zero attached hydrogens (tertiary/aromatic N) is 1. The van der Waals surface area contributed by atoms with Gasteiger partial charge in [-0.25, -0.2) is 0 Å². The van der Waals surface area contributed by atoms with E-state index in [1.165, 1.54) is 4.50 Å². The molecule has 1 aliphatic heterocycles. The van der Waals surface area contributed by atoms with E-state index in [0.29, 0.717) is 0 Å². The molecule has 6 heteroatoms. The van der Waals surface area contributed by atoms with Crippen molar-refractivity contribution in [1.29, 1.82) is 5.26 Å². The van der Waals surface area contributed by atoms with Gasteiger partial charge in [0.05, 0.1) is 19.3 Å². The zero-order chi connectivity index (χ0) is 15.3. The van der Waals surface area contributed by atoms with Gasteiger partial charge in [-0.15, -0.1) is 11.3 Å². The summed E-state index contributed by atoms with van der Waals surface area (Å²) in [6, 6.07) is 4.42. The van der Waals surface area contributed by atoms with E-state index in [9.17, 15) is 5.26 Å². The fourth-order valence-electron chi connectivity index (χ4n) is 2.01. The van der Waals surface area contributed by atoms with Gasteiger partial charge in [0.15, 0.2) is 0 Å². The minimum absolute atomic E-state index is 0.369. The molecule has 0 radical (unpaired) electrons. The molecule has 0 aromatic carbocycles. The Morgan fingerprint density at radius 2 is 1.65 bits per heavy atom. The molecule has 108 valence electrons. The fourth-order valence-corrected chi connectivity index (χ4v) is 4.85. The number of hydrogen-bond acceptors (Lipinski definition) is 4. The molecule has 1 saturated heterocycles. The van der Waals surface area contributed by atoms with Crippen LogP contribution in [0.4, 0.5) is 0 Å². The standard InChI is InChI=1S/C14H22BNO2SSi/c1-13(2)14(3,4)18-15(17-13)10-8-12(20(5,6)7)19-11(10)9-16/h8H,1-7H3. The molecular weight excluding hydrogens is 285 g/mol. The summed E-state index contributed by atoms with van der Waals surface area (Å²) in [6.45, 7) is 15.0. The molecule has 1 fully saturated rings. The van der Waals surface area contributed by atoms with Gasteiger partial charge in [-0.1, -0.05) is 25.7 Å². The Morgan fingerprint density at radius 3 is 2.05 bits per heavy atom. The molecule has 1 aromatic heterocycles. The SMILES string of the molecule is CC1(C)OB(c2cc([Si](C)(C)C)sc2C#N)OC1(C)C. The average molecular weight is 307 g/mol.